The number of hydrogen-bond acceptors (Lipinski definition) is 5. The Morgan fingerprint density at radius 2 is 2.03 bits per heavy atom. The first-order chi connectivity index (χ1) is 14.1. The van der Waals surface area contributed by atoms with Crippen LogP contribution in [0.5, 0.6) is 5.75 Å². The number of benzene rings is 1. The highest BCUT2D eigenvalue weighted by atomic mass is 16.5. The van der Waals surface area contributed by atoms with Crippen LogP contribution in [0.25, 0.3) is 5.78 Å². The summed E-state index contributed by atoms with van der Waals surface area (Å²) in [4.78, 5) is 21.1. The van der Waals surface area contributed by atoms with Gasteiger partial charge in [-0.1, -0.05) is 18.2 Å². The first kappa shape index (κ1) is 19.4. The van der Waals surface area contributed by atoms with Gasteiger partial charge in [-0.2, -0.15) is 10.1 Å². The molecule has 2 heterocycles. The van der Waals surface area contributed by atoms with E-state index in [1.807, 2.05) is 38.1 Å². The molecule has 1 saturated carbocycles. The number of ether oxygens (including phenoxy) is 1. The summed E-state index contributed by atoms with van der Waals surface area (Å²) in [6.07, 6.45) is 7.51. The number of nitrogens with one attached hydrogen (secondary N) is 1. The second-order valence-corrected chi connectivity index (χ2v) is 7.64. The third-order valence-corrected chi connectivity index (χ3v) is 5.64. The van der Waals surface area contributed by atoms with Gasteiger partial charge < -0.3 is 10.1 Å². The second kappa shape index (κ2) is 8.59. The third kappa shape index (κ3) is 4.39. The topological polar surface area (TPSA) is 81.4 Å². The van der Waals surface area contributed by atoms with Gasteiger partial charge in [0.1, 0.15) is 12.1 Å². The molecule has 0 radical (unpaired) electrons. The molecule has 1 aliphatic carbocycles. The lowest BCUT2D eigenvalue weighted by Crippen LogP contribution is -2.24. The maximum absolute atomic E-state index is 12.5. The van der Waals surface area contributed by atoms with E-state index in [-0.39, 0.29) is 5.91 Å². The Labute approximate surface area is 170 Å². The number of para-hydroxylation sites is 1. The van der Waals surface area contributed by atoms with E-state index >= 15 is 0 Å². The Bertz CT molecular complexity index is 1010. The Morgan fingerprint density at radius 1 is 1.24 bits per heavy atom. The number of carbonyl (C=O) groups is 1. The van der Waals surface area contributed by atoms with Crippen molar-refractivity contribution in [2.24, 2.45) is 0 Å². The molecule has 0 aliphatic heterocycles. The highest BCUT2D eigenvalue weighted by molar-refractivity contribution is 5.76. The number of aromatic nitrogens is 4. The standard InChI is InChI=1S/C22H27N5O2/c1-15-19(16(2)27-22(26-15)24-14-25-27)11-12-21(28)23-13-17-7-3-6-10-20(17)29-18-8-4-5-9-18/h3,6-7,10,14,18H,4-5,8-9,11-13H2,1-2H3,(H,23,28). The van der Waals surface area contributed by atoms with Crippen molar-refractivity contribution in [2.75, 3.05) is 0 Å². The van der Waals surface area contributed by atoms with Crippen molar-refractivity contribution in [3.8, 4) is 5.75 Å². The van der Waals surface area contributed by atoms with Gasteiger partial charge in [-0.15, -0.1) is 0 Å². The summed E-state index contributed by atoms with van der Waals surface area (Å²) in [6.45, 7) is 4.41. The SMILES string of the molecule is Cc1nc2ncnn2c(C)c1CCC(=O)NCc1ccccc1OC1CCCC1. The van der Waals surface area contributed by atoms with Crippen LogP contribution >= 0.6 is 0 Å². The lowest BCUT2D eigenvalue weighted by molar-refractivity contribution is -0.121. The molecule has 1 aliphatic rings. The van der Waals surface area contributed by atoms with Crippen LogP contribution in [0.4, 0.5) is 0 Å². The monoisotopic (exact) mass is 393 g/mol. The molecular weight excluding hydrogens is 366 g/mol. The number of nitrogens with zero attached hydrogens (tertiary/aromatic N) is 4. The summed E-state index contributed by atoms with van der Waals surface area (Å²) in [5.74, 6) is 1.48. The van der Waals surface area contributed by atoms with Gasteiger partial charge in [-0.25, -0.2) is 9.50 Å². The van der Waals surface area contributed by atoms with Crippen molar-refractivity contribution in [2.45, 2.75) is 65.0 Å². The number of fused-ring (bicyclic) bond motifs is 1. The average molecular weight is 393 g/mol. The van der Waals surface area contributed by atoms with Crippen LogP contribution in [0.15, 0.2) is 30.6 Å². The van der Waals surface area contributed by atoms with E-state index in [1.165, 1.54) is 19.2 Å². The molecule has 3 aromatic rings. The fraction of sp³-hybridized carbons (Fsp3) is 0.455. The molecule has 2 aromatic heterocycles. The number of rotatable bonds is 7. The highest BCUT2D eigenvalue weighted by Gasteiger charge is 2.18. The molecule has 29 heavy (non-hydrogen) atoms. The van der Waals surface area contributed by atoms with Crippen molar-refractivity contribution in [1.29, 1.82) is 0 Å². The Morgan fingerprint density at radius 3 is 2.86 bits per heavy atom. The summed E-state index contributed by atoms with van der Waals surface area (Å²) >= 11 is 0. The fourth-order valence-corrected chi connectivity index (χ4v) is 3.99. The van der Waals surface area contributed by atoms with E-state index in [1.54, 1.807) is 4.52 Å². The average Bonchev–Trinajstić information content (AvgIpc) is 3.39. The first-order valence-corrected chi connectivity index (χ1v) is 10.3. The molecule has 0 saturated heterocycles. The highest BCUT2D eigenvalue weighted by Crippen LogP contribution is 2.26. The van der Waals surface area contributed by atoms with Gasteiger partial charge in [0.05, 0.1) is 6.10 Å². The zero-order valence-electron chi connectivity index (χ0n) is 17.0. The lowest BCUT2D eigenvalue weighted by Gasteiger charge is -2.17. The van der Waals surface area contributed by atoms with Crippen molar-refractivity contribution < 1.29 is 9.53 Å². The number of carbonyl (C=O) groups excluding carboxylic acids is 1. The number of amides is 1. The molecule has 7 nitrogen and oxygen atoms in total. The van der Waals surface area contributed by atoms with Crippen LogP contribution < -0.4 is 10.1 Å². The van der Waals surface area contributed by atoms with Crippen LogP contribution in [-0.4, -0.2) is 31.6 Å². The molecule has 1 fully saturated rings. The molecular formula is C22H27N5O2. The van der Waals surface area contributed by atoms with Gasteiger partial charge >= 0.3 is 0 Å². The zero-order chi connectivity index (χ0) is 20.2. The molecule has 4 rings (SSSR count). The van der Waals surface area contributed by atoms with Crippen molar-refractivity contribution in [3.05, 3.63) is 53.1 Å². The lowest BCUT2D eigenvalue weighted by atomic mass is 10.1. The normalized spacial score (nSPS) is 14.4. The maximum atomic E-state index is 12.5. The summed E-state index contributed by atoms with van der Waals surface area (Å²) < 4.78 is 7.88. The summed E-state index contributed by atoms with van der Waals surface area (Å²) in [5.41, 5.74) is 3.94. The van der Waals surface area contributed by atoms with E-state index in [9.17, 15) is 4.79 Å². The van der Waals surface area contributed by atoms with Crippen LogP contribution in [0.2, 0.25) is 0 Å². The minimum atomic E-state index is 0.0122. The maximum Gasteiger partial charge on any atom is 0.252 e. The molecule has 0 unspecified atom stereocenters. The Kier molecular flexibility index (Phi) is 5.74. The molecule has 7 heteroatoms. The third-order valence-electron chi connectivity index (χ3n) is 5.64. The van der Waals surface area contributed by atoms with E-state index in [4.69, 9.17) is 4.74 Å². The molecule has 1 N–H and O–H groups in total. The van der Waals surface area contributed by atoms with E-state index in [2.05, 4.69) is 20.4 Å². The van der Waals surface area contributed by atoms with E-state index < -0.39 is 0 Å². The molecule has 0 spiro atoms. The second-order valence-electron chi connectivity index (χ2n) is 7.64. The van der Waals surface area contributed by atoms with Crippen LogP contribution in [0.1, 0.15) is 54.6 Å². The van der Waals surface area contributed by atoms with Gasteiger partial charge in [0.2, 0.25) is 5.91 Å². The Balaban J connectivity index is 1.35. The van der Waals surface area contributed by atoms with Gasteiger partial charge in [-0.3, -0.25) is 4.79 Å². The van der Waals surface area contributed by atoms with Crippen molar-refractivity contribution in [3.63, 3.8) is 0 Å². The van der Waals surface area contributed by atoms with Crippen LogP contribution in [0, 0.1) is 13.8 Å². The smallest absolute Gasteiger partial charge is 0.252 e. The predicted molar refractivity (Wildman–Crippen MR) is 110 cm³/mol. The van der Waals surface area contributed by atoms with Crippen LogP contribution in [-0.2, 0) is 17.8 Å². The molecule has 1 aromatic carbocycles. The fourth-order valence-electron chi connectivity index (χ4n) is 3.99. The molecule has 152 valence electrons. The Hall–Kier alpha value is -2.96. The van der Waals surface area contributed by atoms with Gasteiger partial charge in [0.25, 0.3) is 5.78 Å². The van der Waals surface area contributed by atoms with E-state index in [0.29, 0.717) is 31.3 Å². The van der Waals surface area contributed by atoms with Crippen LogP contribution in [0.3, 0.4) is 0 Å². The van der Waals surface area contributed by atoms with E-state index in [0.717, 1.165) is 41.1 Å². The van der Waals surface area contributed by atoms with Gasteiger partial charge in [0, 0.05) is 29.9 Å². The van der Waals surface area contributed by atoms with Crippen molar-refractivity contribution >= 4 is 11.7 Å². The quantitative estimate of drug-likeness (QED) is 0.666. The minimum Gasteiger partial charge on any atom is -0.490 e. The van der Waals surface area contributed by atoms with Crippen molar-refractivity contribution in [1.82, 2.24) is 24.9 Å². The predicted octanol–water partition coefficient (Wildman–Crippen LogP) is 3.31. The minimum absolute atomic E-state index is 0.0122. The summed E-state index contributed by atoms with van der Waals surface area (Å²) in [5, 5.41) is 7.23. The molecule has 1 amide bonds. The largest absolute Gasteiger partial charge is 0.490 e. The number of aryl methyl sites for hydroxylation is 2. The zero-order valence-corrected chi connectivity index (χ0v) is 17.0. The summed E-state index contributed by atoms with van der Waals surface area (Å²) in [7, 11) is 0. The molecule has 0 bridgehead atoms. The van der Waals surface area contributed by atoms with Gasteiger partial charge in [-0.05, 0) is 57.6 Å². The molecule has 0 atom stereocenters. The number of hydrogen-bond donors (Lipinski definition) is 1. The first-order valence-electron chi connectivity index (χ1n) is 10.3. The summed E-state index contributed by atoms with van der Waals surface area (Å²) in [6, 6.07) is 7.97. The van der Waals surface area contributed by atoms with Gasteiger partial charge in [0.15, 0.2) is 0 Å².